The first-order chi connectivity index (χ1) is 6.90. The van der Waals surface area contributed by atoms with Gasteiger partial charge in [0.2, 0.25) is 0 Å². The third kappa shape index (κ3) is 5.74. The Morgan fingerprint density at radius 3 is 2.27 bits per heavy atom. The van der Waals surface area contributed by atoms with Crippen LogP contribution in [-0.2, 0) is 5.92 Å². The quantitative estimate of drug-likeness (QED) is 0.620. The predicted octanol–water partition coefficient (Wildman–Crippen LogP) is 2.21. The molecule has 1 heterocycles. The molecule has 0 aliphatic heterocycles. The third-order valence-corrected chi connectivity index (χ3v) is 1.24. The number of carbonyl (C=O) groups excluding carboxylic acids is 1. The van der Waals surface area contributed by atoms with E-state index in [1.807, 2.05) is 0 Å². The molecule has 0 bridgehead atoms. The number of nitrogens with zero attached hydrogens (tertiary/aromatic N) is 1. The number of aliphatic hydroxyl groups is 1. The summed E-state index contributed by atoms with van der Waals surface area (Å²) >= 11 is 0. The molecule has 0 saturated heterocycles. The van der Waals surface area contributed by atoms with Crippen molar-refractivity contribution < 1.29 is 27.5 Å². The molecule has 7 heteroatoms. The number of rotatable bonds is 2. The number of aromatic nitrogens is 1. The van der Waals surface area contributed by atoms with Gasteiger partial charge in [-0.1, -0.05) is 6.07 Å². The number of hydrogen-bond acceptors (Lipinski definition) is 3. The lowest BCUT2D eigenvalue weighted by molar-refractivity contribution is -0.0592. The van der Waals surface area contributed by atoms with Crippen LogP contribution in [0.3, 0.4) is 0 Å². The Balaban J connectivity index is 0.000000423. The zero-order valence-corrected chi connectivity index (χ0v) is 7.33. The first kappa shape index (κ1) is 13.5. The van der Waals surface area contributed by atoms with Crippen molar-refractivity contribution in [2.75, 3.05) is 6.61 Å². The van der Waals surface area contributed by atoms with Crippen LogP contribution < -0.4 is 0 Å². The maximum absolute atomic E-state index is 12.6. The molecule has 0 aromatic carbocycles. The summed E-state index contributed by atoms with van der Waals surface area (Å²) in [4.78, 5) is 11.5. The van der Waals surface area contributed by atoms with E-state index in [1.165, 1.54) is 24.4 Å². The molecule has 0 amide bonds. The standard InChI is InChI=1S/C7H7F2NO.CF2O/c8-7(9,5-11)6-3-1-2-4-10-6;2-1(3)4/h1-4,11H,5H2;. The van der Waals surface area contributed by atoms with Crippen molar-refractivity contribution in [3.8, 4) is 0 Å². The monoisotopic (exact) mass is 225 g/mol. The van der Waals surface area contributed by atoms with Crippen molar-refractivity contribution in [2.24, 2.45) is 0 Å². The highest BCUT2D eigenvalue weighted by molar-refractivity contribution is 5.55. The minimum Gasteiger partial charge on any atom is -0.390 e. The molecule has 0 atom stereocenters. The largest absolute Gasteiger partial charge is 0.483 e. The molecule has 0 aliphatic rings. The molecule has 1 aromatic rings. The van der Waals surface area contributed by atoms with Crippen LogP contribution in [0.2, 0.25) is 0 Å². The Labute approximate surface area is 82.4 Å². The van der Waals surface area contributed by atoms with E-state index in [-0.39, 0.29) is 0 Å². The molecule has 1 aromatic heterocycles. The molecule has 84 valence electrons. The van der Waals surface area contributed by atoms with Crippen molar-refractivity contribution in [1.29, 1.82) is 0 Å². The van der Waals surface area contributed by atoms with Crippen molar-refractivity contribution in [3.63, 3.8) is 0 Å². The lowest BCUT2D eigenvalue weighted by Gasteiger charge is -2.10. The summed E-state index contributed by atoms with van der Waals surface area (Å²) in [5.41, 5.74) is -0.400. The second-order valence-electron chi connectivity index (χ2n) is 2.30. The van der Waals surface area contributed by atoms with Crippen molar-refractivity contribution in [1.82, 2.24) is 4.98 Å². The Bertz CT molecular complexity index is 301. The van der Waals surface area contributed by atoms with Crippen LogP contribution >= 0.6 is 0 Å². The van der Waals surface area contributed by atoms with Gasteiger partial charge in [-0.05, 0) is 12.1 Å². The fourth-order valence-electron chi connectivity index (χ4n) is 0.660. The van der Waals surface area contributed by atoms with E-state index in [4.69, 9.17) is 9.90 Å². The number of halogens is 4. The average molecular weight is 225 g/mol. The summed E-state index contributed by atoms with van der Waals surface area (Å²) in [7, 11) is 0. The summed E-state index contributed by atoms with van der Waals surface area (Å²) in [6.07, 6.45) is -1.57. The maximum atomic E-state index is 12.6. The molecule has 1 rings (SSSR count). The fraction of sp³-hybridized carbons (Fsp3) is 0.250. The van der Waals surface area contributed by atoms with E-state index in [0.717, 1.165) is 0 Å². The van der Waals surface area contributed by atoms with Crippen LogP contribution in [0, 0.1) is 0 Å². The summed E-state index contributed by atoms with van der Waals surface area (Å²) < 4.78 is 44.5. The van der Waals surface area contributed by atoms with Crippen LogP contribution in [0.1, 0.15) is 5.69 Å². The predicted molar refractivity (Wildman–Crippen MR) is 42.8 cm³/mol. The highest BCUT2D eigenvalue weighted by atomic mass is 19.3. The van der Waals surface area contributed by atoms with Gasteiger partial charge >= 0.3 is 12.2 Å². The van der Waals surface area contributed by atoms with E-state index in [0.29, 0.717) is 0 Å². The lowest BCUT2D eigenvalue weighted by atomic mass is 10.2. The lowest BCUT2D eigenvalue weighted by Crippen LogP contribution is -2.19. The van der Waals surface area contributed by atoms with Crippen LogP contribution in [-0.4, -0.2) is 23.0 Å². The van der Waals surface area contributed by atoms with E-state index >= 15 is 0 Å². The van der Waals surface area contributed by atoms with Crippen molar-refractivity contribution in [3.05, 3.63) is 30.1 Å². The zero-order valence-electron chi connectivity index (χ0n) is 7.33. The molecule has 0 fully saturated rings. The smallest absolute Gasteiger partial charge is 0.390 e. The Kier molecular flexibility index (Phi) is 5.46. The summed E-state index contributed by atoms with van der Waals surface area (Å²) in [6.45, 7) is -1.20. The summed E-state index contributed by atoms with van der Waals surface area (Å²) in [5, 5.41) is 8.26. The van der Waals surface area contributed by atoms with Gasteiger partial charge in [0, 0.05) is 6.20 Å². The van der Waals surface area contributed by atoms with E-state index in [2.05, 4.69) is 4.98 Å². The first-order valence-electron chi connectivity index (χ1n) is 3.65. The van der Waals surface area contributed by atoms with E-state index < -0.39 is 24.5 Å². The van der Waals surface area contributed by atoms with Crippen LogP contribution in [0.5, 0.6) is 0 Å². The summed E-state index contributed by atoms with van der Waals surface area (Å²) in [5.74, 6) is -3.22. The Morgan fingerprint density at radius 2 is 1.93 bits per heavy atom. The molecular formula is C8H7F4NO2. The van der Waals surface area contributed by atoms with Crippen molar-refractivity contribution >= 4 is 6.29 Å². The molecule has 0 spiro atoms. The first-order valence-corrected chi connectivity index (χ1v) is 3.65. The number of alkyl halides is 2. The third-order valence-electron chi connectivity index (χ3n) is 1.24. The Hall–Kier alpha value is -1.50. The number of aliphatic hydroxyl groups excluding tert-OH is 1. The maximum Gasteiger partial charge on any atom is 0.483 e. The van der Waals surface area contributed by atoms with E-state index in [9.17, 15) is 17.6 Å². The van der Waals surface area contributed by atoms with Gasteiger partial charge in [0.05, 0.1) is 0 Å². The number of hydrogen-bond donors (Lipinski definition) is 1. The SMILES string of the molecule is O=C(F)F.OCC(F)(F)c1ccccn1. The number of pyridine rings is 1. The van der Waals surface area contributed by atoms with Crippen LogP contribution in [0.25, 0.3) is 0 Å². The number of carbonyl (C=O) groups is 1. The van der Waals surface area contributed by atoms with Gasteiger partial charge in [-0.25, -0.2) is 4.79 Å². The average Bonchev–Trinajstić information content (AvgIpc) is 2.18. The zero-order chi connectivity index (χ0) is 11.9. The minimum atomic E-state index is -3.22. The van der Waals surface area contributed by atoms with Gasteiger partial charge in [0.1, 0.15) is 12.3 Å². The van der Waals surface area contributed by atoms with Gasteiger partial charge in [-0.15, -0.1) is 8.78 Å². The summed E-state index contributed by atoms with van der Waals surface area (Å²) in [6, 6.07) is 4.17. The molecule has 15 heavy (non-hydrogen) atoms. The second-order valence-corrected chi connectivity index (χ2v) is 2.30. The van der Waals surface area contributed by atoms with E-state index in [1.54, 1.807) is 0 Å². The Morgan fingerprint density at radius 1 is 1.40 bits per heavy atom. The van der Waals surface area contributed by atoms with Gasteiger partial charge in [0.25, 0.3) is 0 Å². The van der Waals surface area contributed by atoms with Crippen LogP contribution in [0.4, 0.5) is 22.4 Å². The second kappa shape index (κ2) is 6.07. The van der Waals surface area contributed by atoms with Gasteiger partial charge < -0.3 is 5.11 Å². The van der Waals surface area contributed by atoms with Crippen LogP contribution in [0.15, 0.2) is 24.4 Å². The molecule has 0 unspecified atom stereocenters. The molecular weight excluding hydrogens is 218 g/mol. The molecule has 0 aliphatic carbocycles. The molecule has 0 radical (unpaired) electrons. The van der Waals surface area contributed by atoms with Crippen molar-refractivity contribution in [2.45, 2.75) is 5.92 Å². The molecule has 1 N–H and O–H groups in total. The van der Waals surface area contributed by atoms with Gasteiger partial charge in [-0.3, -0.25) is 4.98 Å². The highest BCUT2D eigenvalue weighted by Gasteiger charge is 2.31. The van der Waals surface area contributed by atoms with Gasteiger partial charge in [-0.2, -0.15) is 8.78 Å². The van der Waals surface area contributed by atoms with Gasteiger partial charge in [0.15, 0.2) is 0 Å². The minimum absolute atomic E-state index is 0.400. The normalized spacial score (nSPS) is 10.2. The molecule has 3 nitrogen and oxygen atoms in total. The topological polar surface area (TPSA) is 50.2 Å². The fourth-order valence-corrected chi connectivity index (χ4v) is 0.660. The molecule has 0 saturated carbocycles. The highest BCUT2D eigenvalue weighted by Crippen LogP contribution is 2.24.